The molecule has 1 N–H and O–H groups in total. The number of benzene rings is 1. The molecule has 0 aromatic heterocycles. The molecule has 2 nitrogen and oxygen atoms in total. The summed E-state index contributed by atoms with van der Waals surface area (Å²) in [6.07, 6.45) is 5.84. The first-order valence-electron chi connectivity index (χ1n) is 7.74. The van der Waals surface area contributed by atoms with Gasteiger partial charge in [-0.25, -0.2) is 0 Å². The predicted molar refractivity (Wildman–Crippen MR) is 76.2 cm³/mol. The van der Waals surface area contributed by atoms with Crippen LogP contribution in [-0.2, 0) is 0 Å². The van der Waals surface area contributed by atoms with Crippen molar-refractivity contribution in [1.82, 2.24) is 5.32 Å². The number of rotatable bonds is 4. The van der Waals surface area contributed by atoms with E-state index < -0.39 is 0 Å². The molecule has 102 valence electrons. The minimum absolute atomic E-state index is 0.473. The maximum Gasteiger partial charge on any atom is 0.124 e. The molecule has 0 amide bonds. The first-order chi connectivity index (χ1) is 9.28. The van der Waals surface area contributed by atoms with E-state index in [-0.39, 0.29) is 0 Å². The maximum atomic E-state index is 5.83. The van der Waals surface area contributed by atoms with Gasteiger partial charge in [0.05, 0.1) is 6.61 Å². The van der Waals surface area contributed by atoms with Gasteiger partial charge >= 0.3 is 0 Å². The summed E-state index contributed by atoms with van der Waals surface area (Å²) < 4.78 is 5.83. The second-order valence-electron chi connectivity index (χ2n) is 6.82. The summed E-state index contributed by atoms with van der Waals surface area (Å²) in [7, 11) is 0. The Morgan fingerprint density at radius 3 is 2.79 bits per heavy atom. The minimum Gasteiger partial charge on any atom is -0.493 e. The zero-order valence-electron chi connectivity index (χ0n) is 11.7. The van der Waals surface area contributed by atoms with Crippen LogP contribution in [0.4, 0.5) is 0 Å². The molecule has 4 rings (SSSR count). The van der Waals surface area contributed by atoms with Crippen LogP contribution in [0, 0.1) is 17.3 Å². The highest BCUT2D eigenvalue weighted by atomic mass is 16.5. The average Bonchev–Trinajstić information content (AvgIpc) is 3.29. The van der Waals surface area contributed by atoms with Crippen molar-refractivity contribution in [3.8, 4) is 5.75 Å². The first kappa shape index (κ1) is 11.8. The Kier molecular flexibility index (Phi) is 2.63. The fraction of sp³-hybridized carbons (Fsp3) is 0.647. The Hall–Kier alpha value is -1.02. The van der Waals surface area contributed by atoms with Crippen LogP contribution < -0.4 is 10.1 Å². The normalized spacial score (nSPS) is 31.4. The molecule has 2 atom stereocenters. The Morgan fingerprint density at radius 1 is 1.26 bits per heavy atom. The van der Waals surface area contributed by atoms with Crippen LogP contribution >= 0.6 is 0 Å². The van der Waals surface area contributed by atoms with Crippen LogP contribution in [0.2, 0.25) is 0 Å². The van der Waals surface area contributed by atoms with Crippen LogP contribution in [0.5, 0.6) is 5.75 Å². The van der Waals surface area contributed by atoms with Crippen molar-refractivity contribution in [3.63, 3.8) is 0 Å². The van der Waals surface area contributed by atoms with Gasteiger partial charge in [0, 0.05) is 24.1 Å². The summed E-state index contributed by atoms with van der Waals surface area (Å²) >= 11 is 0. The van der Waals surface area contributed by atoms with Crippen LogP contribution in [0.15, 0.2) is 24.3 Å². The molecule has 0 bridgehead atoms. The Bertz CT molecular complexity index is 476. The molecule has 2 saturated carbocycles. The standard InChI is InChI=1S/C17H23NO/c1-12-10-19-15-5-3-2-4-14(15)16(12)18-11-17(8-9-17)13-6-7-13/h2-5,12-13,16,18H,6-11H2,1H3. The number of fused-ring (bicyclic) bond motifs is 1. The summed E-state index contributed by atoms with van der Waals surface area (Å²) in [6.45, 7) is 4.34. The van der Waals surface area contributed by atoms with E-state index in [9.17, 15) is 0 Å². The number of hydrogen-bond acceptors (Lipinski definition) is 2. The molecule has 2 fully saturated rings. The molecular weight excluding hydrogens is 234 g/mol. The summed E-state index contributed by atoms with van der Waals surface area (Å²) in [5.74, 6) is 2.67. The van der Waals surface area contributed by atoms with Crippen molar-refractivity contribution in [2.24, 2.45) is 17.3 Å². The van der Waals surface area contributed by atoms with Gasteiger partial charge in [-0.2, -0.15) is 0 Å². The number of hydrogen-bond donors (Lipinski definition) is 1. The zero-order chi connectivity index (χ0) is 12.9. The van der Waals surface area contributed by atoms with Gasteiger partial charge in [-0.3, -0.25) is 0 Å². The summed E-state index contributed by atoms with van der Waals surface area (Å²) in [5.41, 5.74) is 2.03. The molecule has 0 saturated heterocycles. The van der Waals surface area contributed by atoms with Gasteiger partial charge < -0.3 is 10.1 Å². The molecule has 1 aromatic carbocycles. The van der Waals surface area contributed by atoms with E-state index in [0.717, 1.165) is 18.3 Å². The zero-order valence-corrected chi connectivity index (χ0v) is 11.7. The number of nitrogens with one attached hydrogen (secondary N) is 1. The molecule has 1 aliphatic heterocycles. The van der Waals surface area contributed by atoms with Crippen molar-refractivity contribution in [3.05, 3.63) is 29.8 Å². The predicted octanol–water partition coefficient (Wildman–Crippen LogP) is 3.54. The molecule has 19 heavy (non-hydrogen) atoms. The second kappa shape index (κ2) is 4.24. The van der Waals surface area contributed by atoms with Crippen LogP contribution in [0.3, 0.4) is 0 Å². The van der Waals surface area contributed by atoms with Crippen LogP contribution in [-0.4, -0.2) is 13.2 Å². The van der Waals surface area contributed by atoms with Gasteiger partial charge in [0.25, 0.3) is 0 Å². The van der Waals surface area contributed by atoms with Gasteiger partial charge in [-0.15, -0.1) is 0 Å². The summed E-state index contributed by atoms with van der Waals surface area (Å²) in [5, 5.41) is 3.87. The Balaban J connectivity index is 1.50. The molecule has 0 spiro atoms. The molecule has 1 aromatic rings. The molecule has 2 aliphatic carbocycles. The topological polar surface area (TPSA) is 21.3 Å². The smallest absolute Gasteiger partial charge is 0.124 e. The van der Waals surface area contributed by atoms with E-state index in [1.807, 2.05) is 0 Å². The van der Waals surface area contributed by atoms with Gasteiger partial charge in [-0.05, 0) is 43.1 Å². The SMILES string of the molecule is CC1COc2ccccc2C1NCC1(C2CC2)CC1. The second-order valence-corrected chi connectivity index (χ2v) is 6.82. The molecular formula is C17H23NO. The fourth-order valence-corrected chi connectivity index (χ4v) is 3.70. The lowest BCUT2D eigenvalue weighted by Gasteiger charge is -2.33. The van der Waals surface area contributed by atoms with Crippen molar-refractivity contribution in [1.29, 1.82) is 0 Å². The monoisotopic (exact) mass is 257 g/mol. The van der Waals surface area contributed by atoms with Crippen LogP contribution in [0.25, 0.3) is 0 Å². The van der Waals surface area contributed by atoms with E-state index >= 15 is 0 Å². The quantitative estimate of drug-likeness (QED) is 0.891. The Morgan fingerprint density at radius 2 is 2.05 bits per heavy atom. The van der Waals surface area contributed by atoms with E-state index in [1.54, 1.807) is 0 Å². The fourth-order valence-electron chi connectivity index (χ4n) is 3.70. The molecule has 0 radical (unpaired) electrons. The molecule has 3 aliphatic rings. The highest BCUT2D eigenvalue weighted by molar-refractivity contribution is 5.38. The lowest BCUT2D eigenvalue weighted by molar-refractivity contribution is 0.182. The third kappa shape index (κ3) is 2.06. The first-order valence-corrected chi connectivity index (χ1v) is 7.74. The molecule has 2 unspecified atom stereocenters. The third-order valence-electron chi connectivity index (χ3n) is 5.33. The van der Waals surface area contributed by atoms with E-state index in [4.69, 9.17) is 4.74 Å². The maximum absolute atomic E-state index is 5.83. The highest BCUT2D eigenvalue weighted by Crippen LogP contribution is 2.61. The lowest BCUT2D eigenvalue weighted by Crippen LogP contribution is -2.37. The number of ether oxygens (including phenoxy) is 1. The van der Waals surface area contributed by atoms with E-state index in [2.05, 4.69) is 36.5 Å². The molecule has 1 heterocycles. The van der Waals surface area contributed by atoms with Crippen molar-refractivity contribution in [2.45, 2.75) is 38.6 Å². The number of para-hydroxylation sites is 1. The van der Waals surface area contributed by atoms with Crippen molar-refractivity contribution in [2.75, 3.05) is 13.2 Å². The van der Waals surface area contributed by atoms with E-state index in [0.29, 0.717) is 17.4 Å². The molecule has 2 heteroatoms. The van der Waals surface area contributed by atoms with Gasteiger partial charge in [-0.1, -0.05) is 25.1 Å². The van der Waals surface area contributed by atoms with Crippen molar-refractivity contribution < 1.29 is 4.74 Å². The summed E-state index contributed by atoms with van der Waals surface area (Å²) in [6, 6.07) is 8.99. The third-order valence-corrected chi connectivity index (χ3v) is 5.33. The van der Waals surface area contributed by atoms with Crippen LogP contribution in [0.1, 0.15) is 44.2 Å². The van der Waals surface area contributed by atoms with Gasteiger partial charge in [0.15, 0.2) is 0 Å². The highest BCUT2D eigenvalue weighted by Gasteiger charge is 2.53. The van der Waals surface area contributed by atoms with Gasteiger partial charge in [0.2, 0.25) is 0 Å². The average molecular weight is 257 g/mol. The van der Waals surface area contributed by atoms with Crippen molar-refractivity contribution >= 4 is 0 Å². The van der Waals surface area contributed by atoms with E-state index in [1.165, 1.54) is 37.8 Å². The Labute approximate surface area is 115 Å². The minimum atomic E-state index is 0.473. The largest absolute Gasteiger partial charge is 0.493 e. The van der Waals surface area contributed by atoms with Gasteiger partial charge in [0.1, 0.15) is 5.75 Å². The summed E-state index contributed by atoms with van der Waals surface area (Å²) in [4.78, 5) is 0. The lowest BCUT2D eigenvalue weighted by atomic mass is 9.90.